The first-order valence-electron chi connectivity index (χ1n) is 6.12. The van der Waals surface area contributed by atoms with Gasteiger partial charge < -0.3 is 9.88 Å². The molecule has 2 aromatic heterocycles. The van der Waals surface area contributed by atoms with Crippen molar-refractivity contribution in [2.45, 2.75) is 26.3 Å². The van der Waals surface area contributed by atoms with Crippen LogP contribution in [-0.4, -0.2) is 22.6 Å². The molecule has 2 aromatic rings. The van der Waals surface area contributed by atoms with Crippen molar-refractivity contribution in [2.75, 3.05) is 13.1 Å². The Hall–Kier alpha value is -1.13. The molecule has 0 saturated carbocycles. The number of imidazole rings is 1. The summed E-state index contributed by atoms with van der Waals surface area (Å²) in [6.07, 6.45) is 6.21. The first kappa shape index (κ1) is 12.3. The molecule has 3 nitrogen and oxygen atoms in total. The van der Waals surface area contributed by atoms with Crippen molar-refractivity contribution < 1.29 is 0 Å². The van der Waals surface area contributed by atoms with Gasteiger partial charge in [-0.3, -0.25) is 0 Å². The molecule has 92 valence electrons. The van der Waals surface area contributed by atoms with Crippen molar-refractivity contribution in [3.05, 3.63) is 40.6 Å². The van der Waals surface area contributed by atoms with Gasteiger partial charge in [-0.1, -0.05) is 13.0 Å². The summed E-state index contributed by atoms with van der Waals surface area (Å²) in [6.45, 7) is 5.19. The SMILES string of the molecule is CCNCCc1cn(CCc2cccs2)cn1. The summed E-state index contributed by atoms with van der Waals surface area (Å²) < 4.78 is 2.18. The average Bonchev–Trinajstić information content (AvgIpc) is 2.98. The van der Waals surface area contributed by atoms with Crippen LogP contribution >= 0.6 is 11.3 Å². The molecule has 0 spiro atoms. The van der Waals surface area contributed by atoms with Crippen molar-refractivity contribution in [2.24, 2.45) is 0 Å². The number of thiophene rings is 1. The molecule has 0 aromatic carbocycles. The predicted octanol–water partition coefficient (Wildman–Crippen LogP) is 2.34. The molecule has 17 heavy (non-hydrogen) atoms. The predicted molar refractivity (Wildman–Crippen MR) is 72.5 cm³/mol. The molecule has 4 heteroatoms. The summed E-state index contributed by atoms with van der Waals surface area (Å²) in [5.41, 5.74) is 1.18. The van der Waals surface area contributed by atoms with Gasteiger partial charge >= 0.3 is 0 Å². The Kier molecular flexibility index (Phi) is 4.76. The van der Waals surface area contributed by atoms with E-state index in [1.54, 1.807) is 0 Å². The largest absolute Gasteiger partial charge is 0.337 e. The molecule has 1 N–H and O–H groups in total. The fraction of sp³-hybridized carbons (Fsp3) is 0.462. The van der Waals surface area contributed by atoms with E-state index in [1.165, 1.54) is 10.6 Å². The quantitative estimate of drug-likeness (QED) is 0.763. The molecular formula is C13H19N3S. The fourth-order valence-corrected chi connectivity index (χ4v) is 2.44. The molecule has 0 fully saturated rings. The molecule has 0 saturated heterocycles. The highest BCUT2D eigenvalue weighted by Gasteiger charge is 1.99. The summed E-state index contributed by atoms with van der Waals surface area (Å²) in [6, 6.07) is 4.30. The third kappa shape index (κ3) is 3.98. The molecule has 0 atom stereocenters. The average molecular weight is 249 g/mol. The van der Waals surface area contributed by atoms with Crippen LogP contribution in [0.3, 0.4) is 0 Å². The number of aromatic nitrogens is 2. The van der Waals surface area contributed by atoms with Crippen LogP contribution in [-0.2, 0) is 19.4 Å². The second-order valence-electron chi connectivity index (χ2n) is 4.04. The maximum absolute atomic E-state index is 4.41. The van der Waals surface area contributed by atoms with Gasteiger partial charge in [0.15, 0.2) is 0 Å². The van der Waals surface area contributed by atoms with E-state index in [4.69, 9.17) is 0 Å². The van der Waals surface area contributed by atoms with Gasteiger partial charge in [-0.15, -0.1) is 11.3 Å². The highest BCUT2D eigenvalue weighted by molar-refractivity contribution is 7.09. The van der Waals surface area contributed by atoms with Gasteiger partial charge in [0.1, 0.15) is 0 Å². The lowest BCUT2D eigenvalue weighted by Crippen LogP contribution is -2.16. The Bertz CT molecular complexity index is 420. The molecule has 0 radical (unpaired) electrons. The van der Waals surface area contributed by atoms with Gasteiger partial charge in [0.25, 0.3) is 0 Å². The van der Waals surface area contributed by atoms with Crippen LogP contribution < -0.4 is 5.32 Å². The van der Waals surface area contributed by atoms with E-state index in [-0.39, 0.29) is 0 Å². The lowest BCUT2D eigenvalue weighted by atomic mass is 10.3. The summed E-state index contributed by atoms with van der Waals surface area (Å²) in [5.74, 6) is 0. The molecule has 2 rings (SSSR count). The normalized spacial score (nSPS) is 10.9. The van der Waals surface area contributed by atoms with Gasteiger partial charge in [-0.2, -0.15) is 0 Å². The zero-order valence-electron chi connectivity index (χ0n) is 10.2. The van der Waals surface area contributed by atoms with Crippen LogP contribution in [0.2, 0.25) is 0 Å². The number of aryl methyl sites for hydroxylation is 2. The summed E-state index contributed by atoms with van der Waals surface area (Å²) >= 11 is 1.82. The molecule has 2 heterocycles. The maximum Gasteiger partial charge on any atom is 0.0949 e. The molecule has 0 aliphatic carbocycles. The fourth-order valence-electron chi connectivity index (χ4n) is 1.75. The number of rotatable bonds is 7. The second-order valence-corrected chi connectivity index (χ2v) is 5.07. The van der Waals surface area contributed by atoms with Crippen LogP contribution in [0.25, 0.3) is 0 Å². The minimum Gasteiger partial charge on any atom is -0.337 e. The van der Waals surface area contributed by atoms with Crippen molar-refractivity contribution in [3.8, 4) is 0 Å². The van der Waals surface area contributed by atoms with Crippen LogP contribution in [0.5, 0.6) is 0 Å². The van der Waals surface area contributed by atoms with Gasteiger partial charge in [-0.05, 0) is 24.4 Å². The first-order chi connectivity index (χ1) is 8.38. The molecule has 0 bridgehead atoms. The van der Waals surface area contributed by atoms with Gasteiger partial charge in [0.2, 0.25) is 0 Å². The Labute approximate surface area is 107 Å². The monoisotopic (exact) mass is 249 g/mol. The minimum atomic E-state index is 1.01. The maximum atomic E-state index is 4.41. The van der Waals surface area contributed by atoms with E-state index >= 15 is 0 Å². The van der Waals surface area contributed by atoms with E-state index < -0.39 is 0 Å². The van der Waals surface area contributed by atoms with E-state index in [0.29, 0.717) is 0 Å². The van der Waals surface area contributed by atoms with Crippen LogP contribution in [0.15, 0.2) is 30.0 Å². The topological polar surface area (TPSA) is 29.9 Å². The summed E-state index contributed by atoms with van der Waals surface area (Å²) in [7, 11) is 0. The van der Waals surface area contributed by atoms with Gasteiger partial charge in [0.05, 0.1) is 12.0 Å². The Morgan fingerprint density at radius 1 is 1.41 bits per heavy atom. The Balaban J connectivity index is 1.77. The summed E-state index contributed by atoms with van der Waals surface area (Å²) in [5, 5.41) is 5.44. The van der Waals surface area contributed by atoms with E-state index in [9.17, 15) is 0 Å². The zero-order chi connectivity index (χ0) is 11.9. The molecular weight excluding hydrogens is 230 g/mol. The molecule has 0 amide bonds. The molecule has 0 unspecified atom stereocenters. The van der Waals surface area contributed by atoms with Crippen molar-refractivity contribution in [3.63, 3.8) is 0 Å². The highest BCUT2D eigenvalue weighted by atomic mass is 32.1. The Morgan fingerprint density at radius 2 is 2.35 bits per heavy atom. The van der Waals surface area contributed by atoms with E-state index in [2.05, 4.69) is 45.5 Å². The standard InChI is InChI=1S/C13H19N3S/c1-2-14-7-5-12-10-16(11-15-12)8-6-13-4-3-9-17-13/h3-4,9-11,14H,2,5-8H2,1H3. The minimum absolute atomic E-state index is 1.01. The van der Waals surface area contributed by atoms with Gasteiger partial charge in [-0.25, -0.2) is 4.98 Å². The first-order valence-corrected chi connectivity index (χ1v) is 7.00. The highest BCUT2D eigenvalue weighted by Crippen LogP contribution is 2.10. The number of likely N-dealkylation sites (N-methyl/N-ethyl adjacent to an activating group) is 1. The van der Waals surface area contributed by atoms with Crippen molar-refractivity contribution in [1.82, 2.24) is 14.9 Å². The number of nitrogens with one attached hydrogen (secondary N) is 1. The lowest BCUT2D eigenvalue weighted by Gasteiger charge is -2.00. The van der Waals surface area contributed by atoms with Crippen molar-refractivity contribution in [1.29, 1.82) is 0 Å². The van der Waals surface area contributed by atoms with E-state index in [0.717, 1.165) is 32.5 Å². The Morgan fingerprint density at radius 3 is 3.12 bits per heavy atom. The number of nitrogens with zero attached hydrogens (tertiary/aromatic N) is 2. The molecule has 0 aliphatic rings. The third-order valence-corrected chi connectivity index (χ3v) is 3.63. The third-order valence-electron chi connectivity index (χ3n) is 2.69. The van der Waals surface area contributed by atoms with Crippen LogP contribution in [0.4, 0.5) is 0 Å². The second kappa shape index (κ2) is 6.57. The van der Waals surface area contributed by atoms with Gasteiger partial charge in [0, 0.05) is 30.6 Å². The van der Waals surface area contributed by atoms with Crippen molar-refractivity contribution >= 4 is 11.3 Å². The molecule has 0 aliphatic heterocycles. The lowest BCUT2D eigenvalue weighted by molar-refractivity contribution is 0.695. The number of hydrogen-bond donors (Lipinski definition) is 1. The summed E-state index contributed by atoms with van der Waals surface area (Å²) in [4.78, 5) is 5.85. The van der Waals surface area contributed by atoms with Crippen LogP contribution in [0.1, 0.15) is 17.5 Å². The van der Waals surface area contributed by atoms with Crippen LogP contribution in [0, 0.1) is 0 Å². The number of hydrogen-bond acceptors (Lipinski definition) is 3. The van der Waals surface area contributed by atoms with E-state index in [1.807, 2.05) is 17.7 Å². The smallest absolute Gasteiger partial charge is 0.0949 e. The zero-order valence-corrected chi connectivity index (χ0v) is 11.0.